The van der Waals surface area contributed by atoms with Gasteiger partial charge in [0.1, 0.15) is 17.3 Å². The number of nitrogens with zero attached hydrogens (tertiary/aromatic N) is 1. The van der Waals surface area contributed by atoms with E-state index in [9.17, 15) is 9.59 Å². The van der Waals surface area contributed by atoms with Crippen molar-refractivity contribution in [1.29, 1.82) is 0 Å². The lowest BCUT2D eigenvalue weighted by Gasteiger charge is -2.19. The van der Waals surface area contributed by atoms with E-state index in [1.165, 1.54) is 11.2 Å². The first-order valence-electron chi connectivity index (χ1n) is 8.57. The van der Waals surface area contributed by atoms with Crippen molar-refractivity contribution in [3.05, 3.63) is 84.3 Å². The molecule has 3 aromatic rings. The number of nitrogens with one attached hydrogen (secondary N) is 1. The van der Waals surface area contributed by atoms with Crippen LogP contribution in [0, 0.1) is 0 Å². The summed E-state index contributed by atoms with van der Waals surface area (Å²) < 4.78 is 11.3. The fourth-order valence-electron chi connectivity index (χ4n) is 3.09. The van der Waals surface area contributed by atoms with Gasteiger partial charge in [0.25, 0.3) is 5.91 Å². The number of rotatable bonds is 5. The topological polar surface area (TPSA) is 71.8 Å². The molecule has 136 valence electrons. The molecule has 0 radical (unpaired) electrons. The van der Waals surface area contributed by atoms with Crippen molar-refractivity contribution in [3.8, 4) is 11.5 Å². The monoisotopic (exact) mass is 362 g/mol. The van der Waals surface area contributed by atoms with Gasteiger partial charge in [0, 0.05) is 5.56 Å². The van der Waals surface area contributed by atoms with Gasteiger partial charge in [-0.3, -0.25) is 9.69 Å². The second-order valence-electron chi connectivity index (χ2n) is 6.45. The maximum Gasteiger partial charge on any atom is 0.325 e. The van der Waals surface area contributed by atoms with Gasteiger partial charge >= 0.3 is 6.03 Å². The van der Waals surface area contributed by atoms with Crippen LogP contribution < -0.4 is 10.1 Å². The highest BCUT2D eigenvalue weighted by atomic mass is 16.5. The van der Waals surface area contributed by atoms with Crippen molar-refractivity contribution in [3.63, 3.8) is 0 Å². The number of imide groups is 1. The maximum atomic E-state index is 13.0. The van der Waals surface area contributed by atoms with Crippen molar-refractivity contribution < 1.29 is 18.7 Å². The molecule has 2 aromatic carbocycles. The van der Waals surface area contributed by atoms with E-state index >= 15 is 0 Å². The molecule has 0 spiro atoms. The summed E-state index contributed by atoms with van der Waals surface area (Å²) in [6.07, 6.45) is 1.48. The number of urea groups is 1. The Labute approximate surface area is 156 Å². The van der Waals surface area contributed by atoms with Crippen molar-refractivity contribution in [1.82, 2.24) is 10.2 Å². The largest absolute Gasteiger partial charge is 0.466 e. The van der Waals surface area contributed by atoms with Crippen LogP contribution in [0.5, 0.6) is 11.5 Å². The third-order valence-electron chi connectivity index (χ3n) is 4.56. The standard InChI is InChI=1S/C21H18N2O4/c1-21(18-12-7-13-26-18)19(24)23(20(25)22-21)14-15-8-5-6-11-17(15)27-16-9-3-2-4-10-16/h2-13H,14H2,1H3,(H,22,25)/t21-/m0/s1. The predicted octanol–water partition coefficient (Wildman–Crippen LogP) is 4.04. The van der Waals surface area contributed by atoms with Gasteiger partial charge in [0.15, 0.2) is 5.54 Å². The molecular weight excluding hydrogens is 344 g/mol. The van der Waals surface area contributed by atoms with Crippen LogP contribution in [0.15, 0.2) is 77.4 Å². The first kappa shape index (κ1) is 16.9. The van der Waals surface area contributed by atoms with Crippen molar-refractivity contribution in [2.75, 3.05) is 0 Å². The van der Waals surface area contributed by atoms with Crippen molar-refractivity contribution in [2.24, 2.45) is 0 Å². The van der Waals surface area contributed by atoms with Crippen LogP contribution in [0.1, 0.15) is 18.2 Å². The average molecular weight is 362 g/mol. The van der Waals surface area contributed by atoms with E-state index < -0.39 is 11.6 Å². The molecule has 3 amide bonds. The highest BCUT2D eigenvalue weighted by Gasteiger charge is 2.51. The van der Waals surface area contributed by atoms with Gasteiger partial charge in [-0.1, -0.05) is 36.4 Å². The summed E-state index contributed by atoms with van der Waals surface area (Å²) in [4.78, 5) is 26.6. The van der Waals surface area contributed by atoms with Crippen molar-refractivity contribution >= 4 is 11.9 Å². The molecular formula is C21H18N2O4. The normalized spacial score (nSPS) is 19.2. The van der Waals surface area contributed by atoms with Gasteiger partial charge in [-0.25, -0.2) is 4.79 Å². The van der Waals surface area contributed by atoms with E-state index in [0.29, 0.717) is 17.3 Å². The summed E-state index contributed by atoms with van der Waals surface area (Å²) >= 11 is 0. The number of carbonyl (C=O) groups is 2. The molecule has 6 nitrogen and oxygen atoms in total. The molecule has 27 heavy (non-hydrogen) atoms. The molecule has 6 heteroatoms. The first-order chi connectivity index (χ1) is 13.1. The summed E-state index contributed by atoms with van der Waals surface area (Å²) in [7, 11) is 0. The van der Waals surface area contributed by atoms with Crippen LogP contribution >= 0.6 is 0 Å². The number of hydrogen-bond acceptors (Lipinski definition) is 4. The molecule has 1 atom stereocenters. The first-order valence-corrected chi connectivity index (χ1v) is 8.57. The maximum absolute atomic E-state index is 13.0. The molecule has 2 heterocycles. The quantitative estimate of drug-likeness (QED) is 0.696. The number of amides is 3. The second-order valence-corrected chi connectivity index (χ2v) is 6.45. The molecule has 1 aromatic heterocycles. The lowest BCUT2D eigenvalue weighted by molar-refractivity contribution is -0.132. The lowest BCUT2D eigenvalue weighted by atomic mass is 9.99. The Balaban J connectivity index is 1.60. The second kappa shape index (κ2) is 6.64. The minimum absolute atomic E-state index is 0.101. The third kappa shape index (κ3) is 3.06. The zero-order valence-corrected chi connectivity index (χ0v) is 14.7. The van der Waals surface area contributed by atoms with Crippen LogP contribution in [0.25, 0.3) is 0 Å². The Morgan fingerprint density at radius 2 is 1.74 bits per heavy atom. The molecule has 1 N–H and O–H groups in total. The number of carbonyl (C=O) groups excluding carboxylic acids is 2. The van der Waals surface area contributed by atoms with E-state index in [1.807, 2.05) is 54.6 Å². The minimum atomic E-state index is -1.21. The SMILES string of the molecule is C[C@@]1(c2ccco2)NC(=O)N(Cc2ccccc2Oc2ccccc2)C1=O. The van der Waals surface area contributed by atoms with Crippen LogP contribution in [-0.4, -0.2) is 16.8 Å². The van der Waals surface area contributed by atoms with Crippen LogP contribution in [0.2, 0.25) is 0 Å². The zero-order valence-electron chi connectivity index (χ0n) is 14.7. The average Bonchev–Trinajstić information content (AvgIpc) is 3.29. The van der Waals surface area contributed by atoms with Gasteiger partial charge in [-0.15, -0.1) is 0 Å². The minimum Gasteiger partial charge on any atom is -0.466 e. The fourth-order valence-corrected chi connectivity index (χ4v) is 3.09. The Hall–Kier alpha value is -3.54. The molecule has 0 bridgehead atoms. The highest BCUT2D eigenvalue weighted by molar-refractivity contribution is 6.06. The van der Waals surface area contributed by atoms with Gasteiger partial charge in [-0.05, 0) is 37.3 Å². The number of furan rings is 1. The Bertz CT molecular complexity index is 969. The number of ether oxygens (including phenoxy) is 1. The van der Waals surface area contributed by atoms with Crippen LogP contribution in [0.4, 0.5) is 4.79 Å². The molecule has 4 rings (SSSR count). The van der Waals surface area contributed by atoms with E-state index in [4.69, 9.17) is 9.15 Å². The van der Waals surface area contributed by atoms with E-state index in [1.54, 1.807) is 19.1 Å². The van der Waals surface area contributed by atoms with Gasteiger partial charge in [-0.2, -0.15) is 0 Å². The van der Waals surface area contributed by atoms with Crippen LogP contribution in [-0.2, 0) is 16.9 Å². The summed E-state index contributed by atoms with van der Waals surface area (Å²) in [6, 6.07) is 19.6. The molecule has 0 saturated carbocycles. The molecule has 1 saturated heterocycles. The summed E-state index contributed by atoms with van der Waals surface area (Å²) in [5.74, 6) is 1.31. The smallest absolute Gasteiger partial charge is 0.325 e. The van der Waals surface area contributed by atoms with Gasteiger partial charge < -0.3 is 14.5 Å². The van der Waals surface area contributed by atoms with E-state index in [0.717, 1.165) is 5.56 Å². The molecule has 1 aliphatic heterocycles. The number of para-hydroxylation sites is 2. The van der Waals surface area contributed by atoms with Crippen LogP contribution in [0.3, 0.4) is 0 Å². The fraction of sp³-hybridized carbons (Fsp3) is 0.143. The number of benzene rings is 2. The van der Waals surface area contributed by atoms with E-state index in [-0.39, 0.29) is 12.5 Å². The third-order valence-corrected chi connectivity index (χ3v) is 4.56. The Kier molecular flexibility index (Phi) is 4.16. The molecule has 0 aliphatic carbocycles. The zero-order chi connectivity index (χ0) is 18.9. The predicted molar refractivity (Wildman–Crippen MR) is 98.1 cm³/mol. The number of hydrogen-bond donors (Lipinski definition) is 1. The summed E-state index contributed by atoms with van der Waals surface area (Å²) in [5, 5.41) is 2.72. The van der Waals surface area contributed by atoms with E-state index in [2.05, 4.69) is 5.32 Å². The Morgan fingerprint density at radius 1 is 1.00 bits per heavy atom. The molecule has 1 aliphatic rings. The highest BCUT2D eigenvalue weighted by Crippen LogP contribution is 2.32. The molecule has 1 fully saturated rings. The lowest BCUT2D eigenvalue weighted by Crippen LogP contribution is -2.40. The van der Waals surface area contributed by atoms with Gasteiger partial charge in [0.05, 0.1) is 12.8 Å². The Morgan fingerprint density at radius 3 is 2.48 bits per heavy atom. The molecule has 0 unspecified atom stereocenters. The van der Waals surface area contributed by atoms with Crippen molar-refractivity contribution in [2.45, 2.75) is 19.0 Å². The van der Waals surface area contributed by atoms with Gasteiger partial charge in [0.2, 0.25) is 0 Å². The summed E-state index contributed by atoms with van der Waals surface area (Å²) in [6.45, 7) is 1.74. The summed E-state index contributed by atoms with van der Waals surface area (Å²) in [5.41, 5.74) is -0.482.